The number of ether oxygens (including phenoxy) is 2. The van der Waals surface area contributed by atoms with E-state index in [1.165, 1.54) is 25.0 Å². The largest absolute Gasteiger partial charge is 0.346 e. The van der Waals surface area contributed by atoms with Gasteiger partial charge in [0.05, 0.1) is 18.0 Å². The molecule has 2 aliphatic heterocycles. The summed E-state index contributed by atoms with van der Waals surface area (Å²) >= 11 is 1.98. The first kappa shape index (κ1) is 10.7. The van der Waals surface area contributed by atoms with Crippen molar-refractivity contribution in [2.75, 3.05) is 18.9 Å². The molecular formula is C10H19NO2S. The Morgan fingerprint density at radius 2 is 2.36 bits per heavy atom. The fourth-order valence-electron chi connectivity index (χ4n) is 2.10. The van der Waals surface area contributed by atoms with Crippen molar-refractivity contribution in [3.8, 4) is 0 Å². The molecule has 0 saturated carbocycles. The molecule has 2 rings (SSSR count). The van der Waals surface area contributed by atoms with E-state index in [9.17, 15) is 0 Å². The lowest BCUT2D eigenvalue weighted by atomic mass is 10.1. The summed E-state index contributed by atoms with van der Waals surface area (Å²) in [6.45, 7) is 3.28. The van der Waals surface area contributed by atoms with Crippen molar-refractivity contribution in [1.29, 1.82) is 0 Å². The van der Waals surface area contributed by atoms with E-state index in [1.54, 1.807) is 0 Å². The fraction of sp³-hybridized carbons (Fsp3) is 1.00. The maximum atomic E-state index is 5.87. The van der Waals surface area contributed by atoms with Gasteiger partial charge in [-0.15, -0.1) is 0 Å². The first-order valence-electron chi connectivity index (χ1n) is 5.38. The maximum absolute atomic E-state index is 5.87. The van der Waals surface area contributed by atoms with Gasteiger partial charge in [-0.25, -0.2) is 0 Å². The van der Waals surface area contributed by atoms with Gasteiger partial charge in [0.15, 0.2) is 5.79 Å². The van der Waals surface area contributed by atoms with Gasteiger partial charge in [0.2, 0.25) is 0 Å². The van der Waals surface area contributed by atoms with Crippen LogP contribution in [0.25, 0.3) is 0 Å². The van der Waals surface area contributed by atoms with E-state index in [1.807, 2.05) is 11.8 Å². The zero-order valence-electron chi connectivity index (χ0n) is 8.70. The lowest BCUT2D eigenvalue weighted by Gasteiger charge is -2.34. The highest BCUT2D eigenvalue weighted by atomic mass is 32.2. The second-order valence-corrected chi connectivity index (χ2v) is 5.47. The van der Waals surface area contributed by atoms with Crippen LogP contribution in [0.5, 0.6) is 0 Å². The average Bonchev–Trinajstić information content (AvgIpc) is 2.63. The van der Waals surface area contributed by atoms with Crippen molar-refractivity contribution < 1.29 is 9.47 Å². The van der Waals surface area contributed by atoms with E-state index in [-0.39, 0.29) is 11.9 Å². The Morgan fingerprint density at radius 3 is 2.93 bits per heavy atom. The van der Waals surface area contributed by atoms with E-state index < -0.39 is 0 Å². The van der Waals surface area contributed by atoms with E-state index in [2.05, 4.69) is 6.92 Å². The summed E-state index contributed by atoms with van der Waals surface area (Å²) in [5.74, 6) is 0.857. The molecule has 82 valence electrons. The zero-order valence-corrected chi connectivity index (χ0v) is 9.52. The van der Waals surface area contributed by atoms with Crippen LogP contribution >= 0.6 is 11.8 Å². The zero-order chi connectivity index (χ0) is 10.0. The smallest absolute Gasteiger partial charge is 0.177 e. The minimum Gasteiger partial charge on any atom is -0.346 e. The van der Waals surface area contributed by atoms with Crippen LogP contribution < -0.4 is 5.73 Å². The molecule has 3 atom stereocenters. The van der Waals surface area contributed by atoms with Gasteiger partial charge in [-0.1, -0.05) is 6.42 Å². The van der Waals surface area contributed by atoms with Crippen molar-refractivity contribution in [2.24, 2.45) is 5.73 Å². The number of hydrogen-bond donors (Lipinski definition) is 1. The molecule has 0 aromatic heterocycles. The third kappa shape index (κ3) is 2.08. The summed E-state index contributed by atoms with van der Waals surface area (Å²) in [5.41, 5.74) is 5.57. The van der Waals surface area contributed by atoms with Gasteiger partial charge in [-0.05, 0) is 25.5 Å². The minimum atomic E-state index is -0.380. The molecule has 2 heterocycles. The average molecular weight is 217 g/mol. The number of thioether (sulfide) groups is 1. The molecule has 0 spiro atoms. The van der Waals surface area contributed by atoms with Crippen LogP contribution in [0.4, 0.5) is 0 Å². The molecule has 4 heteroatoms. The first-order chi connectivity index (χ1) is 6.74. The van der Waals surface area contributed by atoms with E-state index >= 15 is 0 Å². The highest BCUT2D eigenvalue weighted by Gasteiger charge is 2.44. The Bertz CT molecular complexity index is 197. The molecule has 2 fully saturated rings. The van der Waals surface area contributed by atoms with Crippen LogP contribution in [-0.4, -0.2) is 36.0 Å². The minimum absolute atomic E-state index is 0.0996. The summed E-state index contributed by atoms with van der Waals surface area (Å²) in [6.07, 6.45) is 3.94. The fourth-order valence-corrected chi connectivity index (χ4v) is 3.51. The van der Waals surface area contributed by atoms with E-state index in [0.29, 0.717) is 18.4 Å². The standard InChI is InChI=1S/C10H19NO2S/c1-10(9-4-2-3-5-14-9)12-7-8(6-11)13-10/h8-9H,2-7,11H2,1H3. The second-order valence-electron chi connectivity index (χ2n) is 4.16. The molecule has 2 saturated heterocycles. The van der Waals surface area contributed by atoms with Gasteiger partial charge in [-0.3, -0.25) is 0 Å². The highest BCUT2D eigenvalue weighted by molar-refractivity contribution is 8.00. The molecule has 0 aromatic rings. The van der Waals surface area contributed by atoms with Crippen molar-refractivity contribution in [2.45, 2.75) is 43.3 Å². The number of rotatable bonds is 2. The lowest BCUT2D eigenvalue weighted by molar-refractivity contribution is -0.153. The molecule has 3 unspecified atom stereocenters. The van der Waals surface area contributed by atoms with Gasteiger partial charge in [0, 0.05) is 6.54 Å². The monoisotopic (exact) mass is 217 g/mol. The Balaban J connectivity index is 1.94. The molecule has 2 N–H and O–H groups in total. The predicted octanol–water partition coefficient (Wildman–Crippen LogP) is 1.36. The SMILES string of the molecule is CC1(C2CCCCS2)OCC(CN)O1. The molecular weight excluding hydrogens is 198 g/mol. The van der Waals surface area contributed by atoms with Crippen LogP contribution in [0, 0.1) is 0 Å². The third-order valence-corrected chi connectivity index (χ3v) is 4.57. The van der Waals surface area contributed by atoms with Crippen molar-refractivity contribution in [3.05, 3.63) is 0 Å². The molecule has 0 amide bonds. The van der Waals surface area contributed by atoms with Crippen LogP contribution in [0.2, 0.25) is 0 Å². The normalized spacial score (nSPS) is 44.1. The predicted molar refractivity (Wildman–Crippen MR) is 58.4 cm³/mol. The number of hydrogen-bond acceptors (Lipinski definition) is 4. The van der Waals surface area contributed by atoms with Gasteiger partial charge in [-0.2, -0.15) is 11.8 Å². The first-order valence-corrected chi connectivity index (χ1v) is 6.43. The van der Waals surface area contributed by atoms with Crippen LogP contribution in [-0.2, 0) is 9.47 Å². The van der Waals surface area contributed by atoms with Gasteiger partial charge in [0.1, 0.15) is 0 Å². The molecule has 14 heavy (non-hydrogen) atoms. The van der Waals surface area contributed by atoms with E-state index in [0.717, 1.165) is 0 Å². The van der Waals surface area contributed by atoms with Crippen LogP contribution in [0.15, 0.2) is 0 Å². The topological polar surface area (TPSA) is 44.5 Å². The molecule has 0 bridgehead atoms. The molecule has 2 aliphatic rings. The quantitative estimate of drug-likeness (QED) is 0.758. The summed E-state index contributed by atoms with van der Waals surface area (Å²) in [5, 5.41) is 0.493. The van der Waals surface area contributed by atoms with E-state index in [4.69, 9.17) is 15.2 Å². The summed E-state index contributed by atoms with van der Waals surface area (Å²) in [4.78, 5) is 0. The van der Waals surface area contributed by atoms with Crippen LogP contribution in [0.3, 0.4) is 0 Å². The highest BCUT2D eigenvalue weighted by Crippen LogP contribution is 2.39. The Labute approximate surface area is 89.7 Å². The van der Waals surface area contributed by atoms with Crippen molar-refractivity contribution >= 4 is 11.8 Å². The number of nitrogens with two attached hydrogens (primary N) is 1. The van der Waals surface area contributed by atoms with Crippen molar-refractivity contribution in [3.63, 3.8) is 0 Å². The molecule has 0 aromatic carbocycles. The summed E-state index contributed by atoms with van der Waals surface area (Å²) < 4.78 is 11.6. The van der Waals surface area contributed by atoms with Gasteiger partial charge >= 0.3 is 0 Å². The molecule has 3 nitrogen and oxygen atoms in total. The molecule has 0 radical (unpaired) electrons. The Kier molecular flexibility index (Phi) is 3.37. The van der Waals surface area contributed by atoms with Gasteiger partial charge < -0.3 is 15.2 Å². The summed E-state index contributed by atoms with van der Waals surface area (Å²) in [7, 11) is 0. The summed E-state index contributed by atoms with van der Waals surface area (Å²) in [6, 6.07) is 0. The van der Waals surface area contributed by atoms with Gasteiger partial charge in [0.25, 0.3) is 0 Å². The third-order valence-electron chi connectivity index (χ3n) is 2.98. The second kappa shape index (κ2) is 4.39. The lowest BCUT2D eigenvalue weighted by Crippen LogP contribution is -2.41. The van der Waals surface area contributed by atoms with Crippen LogP contribution in [0.1, 0.15) is 26.2 Å². The molecule has 0 aliphatic carbocycles. The van der Waals surface area contributed by atoms with Crippen molar-refractivity contribution in [1.82, 2.24) is 0 Å². The maximum Gasteiger partial charge on any atom is 0.177 e. The Morgan fingerprint density at radius 1 is 1.50 bits per heavy atom. The Hall–Kier alpha value is 0.230.